The summed E-state index contributed by atoms with van der Waals surface area (Å²) in [6.07, 6.45) is 0. The molecule has 0 radical (unpaired) electrons. The number of hydrogen-bond acceptors (Lipinski definition) is 4. The smallest absolute Gasteiger partial charge is 0.191 e. The van der Waals surface area contributed by atoms with Gasteiger partial charge in [-0.2, -0.15) is 0 Å². The number of hydrogen-bond donors (Lipinski definition) is 2. The van der Waals surface area contributed by atoms with Crippen LogP contribution in [0.5, 0.6) is 0 Å². The summed E-state index contributed by atoms with van der Waals surface area (Å²) in [5.41, 5.74) is 0. The second-order valence-corrected chi connectivity index (χ2v) is 8.60. The fourth-order valence-electron chi connectivity index (χ4n) is 2.25. The lowest BCUT2D eigenvalue weighted by Gasteiger charge is -2.15. The molecule has 0 aliphatic heterocycles. The number of benzene rings is 1. The van der Waals surface area contributed by atoms with Crippen LogP contribution < -0.4 is 10.6 Å². The fraction of sp³-hybridized carbons (Fsp3) is 0.353. The summed E-state index contributed by atoms with van der Waals surface area (Å²) < 4.78 is 38.1. The van der Waals surface area contributed by atoms with Crippen molar-refractivity contribution in [1.29, 1.82) is 0 Å². The largest absolute Gasteiger partial charge is 0.356 e. The van der Waals surface area contributed by atoms with Crippen molar-refractivity contribution >= 4 is 51.1 Å². The predicted octanol–water partition coefficient (Wildman–Crippen LogP) is 3.25. The first-order valence-corrected chi connectivity index (χ1v) is 10.4. The Balaban J connectivity index is 0.00000338. The molecule has 0 bridgehead atoms. The van der Waals surface area contributed by atoms with Gasteiger partial charge in [0.2, 0.25) is 0 Å². The number of halogens is 2. The molecule has 1 atom stereocenters. The fourth-order valence-corrected chi connectivity index (χ4v) is 4.28. The topological polar surface area (TPSA) is 70.6 Å². The molecule has 0 aliphatic carbocycles. The van der Waals surface area contributed by atoms with Gasteiger partial charge in [-0.3, -0.25) is 4.99 Å². The third kappa shape index (κ3) is 6.51. The van der Waals surface area contributed by atoms with Crippen molar-refractivity contribution in [3.05, 3.63) is 52.5 Å². The van der Waals surface area contributed by atoms with Crippen molar-refractivity contribution in [3.63, 3.8) is 0 Å². The second-order valence-electron chi connectivity index (χ2n) is 5.55. The Hall–Kier alpha value is -1.20. The van der Waals surface area contributed by atoms with Gasteiger partial charge in [-0.15, -0.1) is 35.3 Å². The Bertz CT molecular complexity index is 811. The molecule has 0 amide bonds. The van der Waals surface area contributed by atoms with Gasteiger partial charge < -0.3 is 10.6 Å². The molecule has 0 saturated carbocycles. The van der Waals surface area contributed by atoms with Crippen LogP contribution >= 0.6 is 35.3 Å². The summed E-state index contributed by atoms with van der Waals surface area (Å²) >= 11 is 1.70. The predicted molar refractivity (Wildman–Crippen MR) is 116 cm³/mol. The highest BCUT2D eigenvalue weighted by atomic mass is 127. The average Bonchev–Trinajstić information content (AvgIpc) is 3.12. The van der Waals surface area contributed by atoms with Crippen LogP contribution in [0.3, 0.4) is 0 Å². The minimum atomic E-state index is -3.68. The lowest BCUT2D eigenvalue weighted by molar-refractivity contribution is 0.566. The SMILES string of the molecule is CN=C(NCCS(=O)(=O)c1ccccc1F)NCC(C)c1cccs1.I. The summed E-state index contributed by atoms with van der Waals surface area (Å²) in [6.45, 7) is 2.93. The number of nitrogens with one attached hydrogen (secondary N) is 2. The first kappa shape index (κ1) is 22.8. The second kappa shape index (κ2) is 10.8. The van der Waals surface area contributed by atoms with Crippen molar-refractivity contribution in [2.75, 3.05) is 25.9 Å². The zero-order valence-electron chi connectivity index (χ0n) is 14.6. The number of aliphatic imine (C=N–C) groups is 1. The van der Waals surface area contributed by atoms with Crippen molar-refractivity contribution in [3.8, 4) is 0 Å². The first-order valence-electron chi connectivity index (χ1n) is 7.89. The van der Waals surface area contributed by atoms with Crippen molar-refractivity contribution in [2.24, 2.45) is 4.99 Å². The molecule has 2 N–H and O–H groups in total. The minimum Gasteiger partial charge on any atom is -0.356 e. The number of nitrogens with zero attached hydrogens (tertiary/aromatic N) is 1. The standard InChI is InChI=1S/C17H22FN3O2S2.HI/c1-13(15-7-5-10-24-15)12-21-17(19-2)20-9-11-25(22,23)16-8-4-3-6-14(16)18;/h3-8,10,13H,9,11-12H2,1-2H3,(H2,19,20,21);1H. The van der Waals surface area contributed by atoms with Gasteiger partial charge in [0.15, 0.2) is 15.8 Å². The van der Waals surface area contributed by atoms with E-state index in [1.807, 2.05) is 11.4 Å². The molecule has 0 spiro atoms. The maximum absolute atomic E-state index is 13.6. The van der Waals surface area contributed by atoms with Gasteiger partial charge in [0.25, 0.3) is 0 Å². The number of guanidine groups is 1. The van der Waals surface area contributed by atoms with Gasteiger partial charge in [-0.1, -0.05) is 25.1 Å². The molecular formula is C17H23FIN3O2S2. The van der Waals surface area contributed by atoms with Gasteiger partial charge in [0, 0.05) is 30.9 Å². The molecule has 2 rings (SSSR count). The number of rotatable bonds is 7. The van der Waals surface area contributed by atoms with Crippen molar-refractivity contribution < 1.29 is 12.8 Å². The highest BCUT2D eigenvalue weighted by Gasteiger charge is 2.18. The Labute approximate surface area is 175 Å². The van der Waals surface area contributed by atoms with Gasteiger partial charge in [-0.05, 0) is 23.6 Å². The molecule has 1 aromatic carbocycles. The first-order chi connectivity index (χ1) is 11.9. The molecule has 0 fully saturated rings. The van der Waals surface area contributed by atoms with Gasteiger partial charge in [-0.25, -0.2) is 12.8 Å². The molecule has 2 aromatic rings. The lowest BCUT2D eigenvalue weighted by atomic mass is 10.1. The maximum atomic E-state index is 13.6. The Kier molecular flexibility index (Phi) is 9.51. The van der Waals surface area contributed by atoms with E-state index in [0.717, 1.165) is 6.07 Å². The highest BCUT2D eigenvalue weighted by Crippen LogP contribution is 2.19. The highest BCUT2D eigenvalue weighted by molar-refractivity contribution is 14.0. The third-order valence-corrected chi connectivity index (χ3v) is 6.51. The Morgan fingerprint density at radius 3 is 2.58 bits per heavy atom. The van der Waals surface area contributed by atoms with E-state index < -0.39 is 15.7 Å². The molecule has 9 heteroatoms. The van der Waals surface area contributed by atoms with Crippen LogP contribution in [0.15, 0.2) is 51.7 Å². The van der Waals surface area contributed by atoms with E-state index in [1.54, 1.807) is 18.4 Å². The Morgan fingerprint density at radius 2 is 1.96 bits per heavy atom. The Morgan fingerprint density at radius 1 is 1.23 bits per heavy atom. The minimum absolute atomic E-state index is 0. The van der Waals surface area contributed by atoms with Gasteiger partial charge >= 0.3 is 0 Å². The summed E-state index contributed by atoms with van der Waals surface area (Å²) in [5, 5.41) is 8.16. The number of sulfone groups is 1. The van der Waals surface area contributed by atoms with Crippen LogP contribution in [-0.2, 0) is 9.84 Å². The van der Waals surface area contributed by atoms with E-state index >= 15 is 0 Å². The molecule has 1 aromatic heterocycles. The van der Waals surface area contributed by atoms with Crippen molar-refractivity contribution in [2.45, 2.75) is 17.7 Å². The molecule has 0 aliphatic rings. The van der Waals surface area contributed by atoms with Crippen LogP contribution in [0.25, 0.3) is 0 Å². The molecule has 1 heterocycles. The van der Waals surface area contributed by atoms with E-state index in [9.17, 15) is 12.8 Å². The summed E-state index contributed by atoms with van der Waals surface area (Å²) in [7, 11) is -2.06. The molecular weight excluding hydrogens is 488 g/mol. The van der Waals surface area contributed by atoms with Crippen LogP contribution in [0, 0.1) is 5.82 Å². The number of thiophene rings is 1. The van der Waals surface area contributed by atoms with Crippen LogP contribution in [0.1, 0.15) is 17.7 Å². The van der Waals surface area contributed by atoms with Crippen LogP contribution in [0.2, 0.25) is 0 Å². The van der Waals surface area contributed by atoms with Crippen LogP contribution in [-0.4, -0.2) is 40.3 Å². The van der Waals surface area contributed by atoms with E-state index in [0.29, 0.717) is 18.4 Å². The van der Waals surface area contributed by atoms with Gasteiger partial charge in [0.1, 0.15) is 10.7 Å². The third-order valence-electron chi connectivity index (χ3n) is 3.66. The molecule has 1 unspecified atom stereocenters. The molecule has 144 valence electrons. The van der Waals surface area contributed by atoms with E-state index in [2.05, 4.69) is 28.6 Å². The van der Waals surface area contributed by atoms with Crippen molar-refractivity contribution in [1.82, 2.24) is 10.6 Å². The monoisotopic (exact) mass is 511 g/mol. The normalized spacial score (nSPS) is 13.0. The lowest BCUT2D eigenvalue weighted by Crippen LogP contribution is -2.41. The average molecular weight is 511 g/mol. The molecule has 5 nitrogen and oxygen atoms in total. The summed E-state index contributed by atoms with van der Waals surface area (Å²) in [6, 6.07) is 9.49. The quantitative estimate of drug-likeness (QED) is 0.340. The maximum Gasteiger partial charge on any atom is 0.191 e. The summed E-state index contributed by atoms with van der Waals surface area (Å²) in [4.78, 5) is 5.08. The van der Waals surface area contributed by atoms with E-state index in [-0.39, 0.29) is 41.2 Å². The zero-order valence-corrected chi connectivity index (χ0v) is 18.6. The molecule has 26 heavy (non-hydrogen) atoms. The van der Waals surface area contributed by atoms with E-state index in [4.69, 9.17) is 0 Å². The van der Waals surface area contributed by atoms with Crippen LogP contribution in [0.4, 0.5) is 4.39 Å². The zero-order chi connectivity index (χ0) is 18.3. The van der Waals surface area contributed by atoms with E-state index in [1.165, 1.54) is 23.1 Å². The molecule has 0 saturated heterocycles. The summed E-state index contributed by atoms with van der Waals surface area (Å²) in [5.74, 6) is -0.0996. The van der Waals surface area contributed by atoms with Gasteiger partial charge in [0.05, 0.1) is 5.75 Å².